The number of hydrogen-bond acceptors (Lipinski definition) is 5. The predicted molar refractivity (Wildman–Crippen MR) is 99.3 cm³/mol. The number of carbonyl (C=O) groups is 3. The smallest absolute Gasteiger partial charge is 0.338 e. The van der Waals surface area contributed by atoms with Crippen LogP contribution in [0.25, 0.3) is 0 Å². The minimum absolute atomic E-state index is 0.0560. The maximum absolute atomic E-state index is 12.1. The molecule has 27 heavy (non-hydrogen) atoms. The van der Waals surface area contributed by atoms with Crippen molar-refractivity contribution in [3.05, 3.63) is 34.2 Å². The molecular formula is C19H27N3O5. The Bertz CT molecular complexity index is 756. The summed E-state index contributed by atoms with van der Waals surface area (Å²) in [7, 11) is 0. The minimum Gasteiger partial charge on any atom is -0.459 e. The number of esters is 1. The number of amides is 3. The number of pyridine rings is 1. The Labute approximate surface area is 158 Å². The molecule has 0 radical (unpaired) electrons. The summed E-state index contributed by atoms with van der Waals surface area (Å²) in [5.41, 5.74) is -0.404. The molecule has 1 aromatic heterocycles. The number of carbonyl (C=O) groups excluding carboxylic acids is 3. The van der Waals surface area contributed by atoms with Crippen LogP contribution in [0.5, 0.6) is 0 Å². The molecule has 0 unspecified atom stereocenters. The molecule has 1 aliphatic carbocycles. The van der Waals surface area contributed by atoms with Crippen molar-refractivity contribution in [1.82, 2.24) is 15.2 Å². The summed E-state index contributed by atoms with van der Waals surface area (Å²) >= 11 is 0. The lowest BCUT2D eigenvalue weighted by atomic mass is 9.86. The van der Waals surface area contributed by atoms with Crippen molar-refractivity contribution in [3.8, 4) is 0 Å². The van der Waals surface area contributed by atoms with Crippen LogP contribution in [-0.2, 0) is 16.1 Å². The maximum atomic E-state index is 12.1. The molecule has 1 aromatic rings. The first kappa shape index (κ1) is 20.7. The van der Waals surface area contributed by atoms with Gasteiger partial charge in [-0.25, -0.2) is 9.59 Å². The second-order valence-corrected chi connectivity index (χ2v) is 7.23. The van der Waals surface area contributed by atoms with Crippen LogP contribution < -0.4 is 16.2 Å². The van der Waals surface area contributed by atoms with Gasteiger partial charge in [0, 0.05) is 18.3 Å². The highest BCUT2D eigenvalue weighted by Gasteiger charge is 2.23. The van der Waals surface area contributed by atoms with Crippen LogP contribution in [0.15, 0.2) is 23.1 Å². The van der Waals surface area contributed by atoms with Crippen LogP contribution in [0.2, 0.25) is 0 Å². The molecule has 2 atom stereocenters. The third-order valence-corrected chi connectivity index (χ3v) is 4.57. The molecule has 1 fully saturated rings. The summed E-state index contributed by atoms with van der Waals surface area (Å²) in [5.74, 6) is -0.824. The number of nitrogens with zero attached hydrogens (tertiary/aromatic N) is 1. The number of rotatable bonds is 5. The minimum atomic E-state index is -0.601. The molecule has 1 heterocycles. The van der Waals surface area contributed by atoms with Gasteiger partial charge in [0.15, 0.2) is 0 Å². The first-order chi connectivity index (χ1) is 12.8. The Kier molecular flexibility index (Phi) is 7.15. The van der Waals surface area contributed by atoms with Crippen molar-refractivity contribution in [2.45, 2.75) is 65.1 Å². The van der Waals surface area contributed by atoms with Crippen LogP contribution >= 0.6 is 0 Å². The average Bonchev–Trinajstić information content (AvgIpc) is 2.58. The molecule has 0 aliphatic heterocycles. The van der Waals surface area contributed by atoms with E-state index in [1.165, 1.54) is 12.3 Å². The van der Waals surface area contributed by atoms with Gasteiger partial charge in [-0.15, -0.1) is 0 Å². The second kappa shape index (κ2) is 9.34. The van der Waals surface area contributed by atoms with Gasteiger partial charge >= 0.3 is 12.0 Å². The van der Waals surface area contributed by atoms with Gasteiger partial charge in [-0.3, -0.25) is 14.9 Å². The number of aromatic nitrogens is 1. The molecule has 8 heteroatoms. The topological polar surface area (TPSA) is 106 Å². The fourth-order valence-electron chi connectivity index (χ4n) is 3.10. The Balaban J connectivity index is 1.90. The van der Waals surface area contributed by atoms with E-state index in [-0.39, 0.29) is 24.3 Å². The standard InChI is InChI=1S/C19H27N3O5/c1-12(2)27-18(25)14-8-9-22(17(24)10-14)11-16(23)21-19(26)20-15-7-5-4-6-13(15)3/h8-10,12-13,15H,4-7,11H2,1-3H3,(H2,20,21,23,26)/t13-,15-/m1/s1. The number of hydrogen-bond donors (Lipinski definition) is 2. The van der Waals surface area contributed by atoms with E-state index in [1.807, 2.05) is 0 Å². The molecule has 0 bridgehead atoms. The van der Waals surface area contributed by atoms with Gasteiger partial charge in [0.1, 0.15) is 6.54 Å². The Morgan fingerprint density at radius 1 is 1.26 bits per heavy atom. The molecule has 0 saturated heterocycles. The van der Waals surface area contributed by atoms with Crippen LogP contribution in [0.4, 0.5) is 4.79 Å². The highest BCUT2D eigenvalue weighted by atomic mass is 16.5. The zero-order valence-electron chi connectivity index (χ0n) is 16.0. The summed E-state index contributed by atoms with van der Waals surface area (Å²) in [6, 6.07) is 2.02. The molecule has 148 valence electrons. The molecule has 8 nitrogen and oxygen atoms in total. The lowest BCUT2D eigenvalue weighted by Gasteiger charge is -2.29. The molecule has 2 N–H and O–H groups in total. The quantitative estimate of drug-likeness (QED) is 0.761. The maximum Gasteiger partial charge on any atom is 0.338 e. The summed E-state index contributed by atoms with van der Waals surface area (Å²) < 4.78 is 6.15. The second-order valence-electron chi connectivity index (χ2n) is 7.23. The van der Waals surface area contributed by atoms with E-state index < -0.39 is 23.5 Å². The zero-order chi connectivity index (χ0) is 20.0. The van der Waals surface area contributed by atoms with E-state index >= 15 is 0 Å². The first-order valence-electron chi connectivity index (χ1n) is 9.28. The first-order valence-corrected chi connectivity index (χ1v) is 9.28. The summed E-state index contributed by atoms with van der Waals surface area (Å²) in [6.45, 7) is 5.19. The van der Waals surface area contributed by atoms with Crippen molar-refractivity contribution < 1.29 is 19.1 Å². The Morgan fingerprint density at radius 2 is 1.96 bits per heavy atom. The van der Waals surface area contributed by atoms with Crippen molar-refractivity contribution in [2.24, 2.45) is 5.92 Å². The van der Waals surface area contributed by atoms with Gasteiger partial charge in [0.2, 0.25) is 5.91 Å². The highest BCUT2D eigenvalue weighted by Crippen LogP contribution is 2.23. The van der Waals surface area contributed by atoms with Crippen LogP contribution in [0.1, 0.15) is 56.8 Å². The predicted octanol–water partition coefficient (Wildman–Crippen LogP) is 1.82. The van der Waals surface area contributed by atoms with E-state index in [1.54, 1.807) is 13.8 Å². The van der Waals surface area contributed by atoms with E-state index in [0.717, 1.165) is 36.3 Å². The van der Waals surface area contributed by atoms with E-state index in [2.05, 4.69) is 17.6 Å². The normalized spacial score (nSPS) is 19.4. The van der Waals surface area contributed by atoms with Gasteiger partial charge < -0.3 is 14.6 Å². The lowest BCUT2D eigenvalue weighted by molar-refractivity contribution is -0.120. The van der Waals surface area contributed by atoms with Crippen molar-refractivity contribution in [3.63, 3.8) is 0 Å². The third-order valence-electron chi connectivity index (χ3n) is 4.57. The number of ether oxygens (including phenoxy) is 1. The summed E-state index contributed by atoms with van der Waals surface area (Å²) in [6.07, 6.45) is 5.21. The van der Waals surface area contributed by atoms with Gasteiger partial charge in [0.05, 0.1) is 11.7 Å². The van der Waals surface area contributed by atoms with Gasteiger partial charge in [0.25, 0.3) is 5.56 Å². The zero-order valence-corrected chi connectivity index (χ0v) is 16.0. The van der Waals surface area contributed by atoms with Gasteiger partial charge in [-0.05, 0) is 38.7 Å². The largest absolute Gasteiger partial charge is 0.459 e. The monoisotopic (exact) mass is 377 g/mol. The van der Waals surface area contributed by atoms with E-state index in [0.29, 0.717) is 5.92 Å². The molecular weight excluding hydrogens is 350 g/mol. The molecule has 0 aromatic carbocycles. The Hall–Kier alpha value is -2.64. The highest BCUT2D eigenvalue weighted by molar-refractivity contribution is 5.94. The van der Waals surface area contributed by atoms with Crippen molar-refractivity contribution in [1.29, 1.82) is 0 Å². The lowest BCUT2D eigenvalue weighted by Crippen LogP contribution is -2.48. The summed E-state index contributed by atoms with van der Waals surface area (Å²) in [5, 5.41) is 5.07. The molecule has 1 saturated carbocycles. The number of urea groups is 1. The SMILES string of the molecule is CC(C)OC(=O)c1ccn(CC(=O)NC(=O)N[C@@H]2CCCC[C@H]2C)c(=O)c1. The van der Waals surface area contributed by atoms with Gasteiger partial charge in [-0.1, -0.05) is 19.8 Å². The Morgan fingerprint density at radius 3 is 2.59 bits per heavy atom. The average molecular weight is 377 g/mol. The molecule has 3 amide bonds. The molecule has 2 rings (SSSR count). The third kappa shape index (κ3) is 6.23. The van der Waals surface area contributed by atoms with Crippen molar-refractivity contribution in [2.75, 3.05) is 0 Å². The fraction of sp³-hybridized carbons (Fsp3) is 0.579. The molecule has 1 aliphatic rings. The molecule has 0 spiro atoms. The van der Waals surface area contributed by atoms with Crippen LogP contribution in [0.3, 0.4) is 0 Å². The number of nitrogens with one attached hydrogen (secondary N) is 2. The van der Waals surface area contributed by atoms with E-state index in [9.17, 15) is 19.2 Å². The number of imide groups is 1. The fourth-order valence-corrected chi connectivity index (χ4v) is 3.10. The van der Waals surface area contributed by atoms with Crippen molar-refractivity contribution >= 4 is 17.9 Å². The van der Waals surface area contributed by atoms with Gasteiger partial charge in [-0.2, -0.15) is 0 Å². The summed E-state index contributed by atoms with van der Waals surface area (Å²) in [4.78, 5) is 47.9. The van der Waals surface area contributed by atoms with Crippen LogP contribution in [0, 0.1) is 5.92 Å². The van der Waals surface area contributed by atoms with E-state index in [4.69, 9.17) is 4.74 Å². The van der Waals surface area contributed by atoms with Crippen LogP contribution in [-0.4, -0.2) is 34.6 Å².